The Balaban J connectivity index is 0. The Morgan fingerprint density at radius 3 is 1.00 bits per heavy atom. The van der Waals surface area contributed by atoms with Crippen molar-refractivity contribution in [1.82, 2.24) is 0 Å². The predicted molar refractivity (Wildman–Crippen MR) is 9.94 cm³/mol. The maximum absolute atomic E-state index is 0. The summed E-state index contributed by atoms with van der Waals surface area (Å²) in [6.07, 6.45) is 0. The summed E-state index contributed by atoms with van der Waals surface area (Å²) in [6.45, 7) is 0. The van der Waals surface area contributed by atoms with E-state index in [9.17, 15) is 0 Å². The normalized spacial score (nSPS) is 0. The summed E-state index contributed by atoms with van der Waals surface area (Å²) in [5.74, 6) is 0. The first-order valence-electron chi connectivity index (χ1n) is 0. The second-order valence-corrected chi connectivity index (χ2v) is 0. The van der Waals surface area contributed by atoms with Gasteiger partial charge in [-0.2, -0.15) is 0 Å². The van der Waals surface area contributed by atoms with Crippen molar-refractivity contribution in [3.8, 4) is 0 Å². The number of hydrogen-bond donors (Lipinski definition) is 0. The summed E-state index contributed by atoms with van der Waals surface area (Å²) < 4.78 is 0. The van der Waals surface area contributed by atoms with Gasteiger partial charge in [0.05, 0.1) is 8.41 Å². The van der Waals surface area contributed by atoms with Crippen molar-refractivity contribution in [1.29, 1.82) is 0 Å². The minimum absolute atomic E-state index is 0. The van der Waals surface area contributed by atoms with Crippen LogP contribution in [0.25, 0.3) is 0 Å². The zero-order valence-electron chi connectivity index (χ0n) is 1.10. The van der Waals surface area contributed by atoms with Crippen molar-refractivity contribution in [2.75, 3.05) is 0 Å². The molecule has 0 saturated carbocycles. The Morgan fingerprint density at radius 1 is 1.00 bits per heavy atom. The number of hydrogen-bond acceptors (Lipinski definition) is 0. The molecule has 0 N–H and O–H groups in total. The van der Waals surface area contributed by atoms with E-state index in [1.54, 1.807) is 0 Å². The fourth-order valence-corrected chi connectivity index (χ4v) is 0. The van der Waals surface area contributed by atoms with Gasteiger partial charge in [-0.3, -0.25) is 0 Å². The molecular weight excluding hydrogens is 309 g/mol. The van der Waals surface area contributed by atoms with Crippen LogP contribution >= 0.6 is 0 Å². The zero-order valence-corrected chi connectivity index (χ0v) is 6.17. The monoisotopic (exact) mass is 313 g/mol. The second kappa shape index (κ2) is 21.6. The first-order valence-corrected chi connectivity index (χ1v) is 0. The second-order valence-electron chi connectivity index (χ2n) is 0. The van der Waals surface area contributed by atoms with Crippen molar-refractivity contribution < 1.29 is 54.9 Å². The molecule has 0 bridgehead atoms. The van der Waals surface area contributed by atoms with E-state index in [-0.39, 0.29) is 63.3 Å². The van der Waals surface area contributed by atoms with Crippen LogP contribution in [0, 0.1) is 0 Å². The molecule has 0 heterocycles. The minimum atomic E-state index is 0. The molecule has 0 unspecified atom stereocenters. The predicted octanol–water partition coefficient (Wildman–Crippen LogP) is -1.19. The number of rotatable bonds is 0. The molecule has 0 aromatic heterocycles. The van der Waals surface area contributed by atoms with E-state index in [2.05, 4.69) is 0 Å². The van der Waals surface area contributed by atoms with Gasteiger partial charge in [0.25, 0.3) is 0 Å². The van der Waals surface area contributed by atoms with Gasteiger partial charge in [0.1, 0.15) is 0 Å². The van der Waals surface area contributed by atoms with Crippen molar-refractivity contribution in [2.24, 2.45) is 0 Å². The molecule has 4 heteroatoms. The van der Waals surface area contributed by atoms with E-state index in [4.69, 9.17) is 0 Å². The Morgan fingerprint density at radius 2 is 1.00 bits per heavy atom. The molecule has 0 nitrogen and oxygen atoms in total. The molecule has 29 valence electrons. The standard InChI is InChI=1S/BH3.Co.Fe.W/h1H3;;;. The zero-order chi connectivity index (χ0) is 0. The third kappa shape index (κ3) is 9.22. The molecular formula is H3BCoFeW. The van der Waals surface area contributed by atoms with Gasteiger partial charge in [-0.05, 0) is 0 Å². The molecule has 0 rings (SSSR count). The fourth-order valence-electron chi connectivity index (χ4n) is 0. The summed E-state index contributed by atoms with van der Waals surface area (Å²) in [6, 6.07) is 0. The summed E-state index contributed by atoms with van der Waals surface area (Å²) in [7, 11) is 0. The molecule has 0 saturated heterocycles. The molecule has 0 aliphatic carbocycles. The van der Waals surface area contributed by atoms with Crippen LogP contribution in [0.1, 0.15) is 0 Å². The quantitative estimate of drug-likeness (QED) is 0.494. The van der Waals surface area contributed by atoms with E-state index in [1.807, 2.05) is 0 Å². The van der Waals surface area contributed by atoms with Crippen LogP contribution in [0.4, 0.5) is 0 Å². The molecule has 0 spiro atoms. The van der Waals surface area contributed by atoms with Crippen molar-refractivity contribution >= 4 is 8.41 Å². The van der Waals surface area contributed by atoms with E-state index in [0.29, 0.717) is 0 Å². The average Bonchev–Trinajstić information content (AvgIpc) is 0. The van der Waals surface area contributed by atoms with Gasteiger partial charge in [-0.1, -0.05) is 0 Å². The SMILES string of the molecule is B.[Co].[Fe].[W]. The van der Waals surface area contributed by atoms with Crippen LogP contribution in [0.2, 0.25) is 0 Å². The van der Waals surface area contributed by atoms with Gasteiger partial charge in [0.2, 0.25) is 0 Å². The molecule has 0 fully saturated rings. The fraction of sp³-hybridized carbons (Fsp3) is 0. The molecule has 0 atom stereocenters. The first kappa shape index (κ1) is 41.7. The van der Waals surface area contributed by atoms with Crippen molar-refractivity contribution in [2.45, 2.75) is 0 Å². The van der Waals surface area contributed by atoms with Crippen LogP contribution < -0.4 is 0 Å². The molecule has 1 radical (unpaired) electrons. The molecule has 4 heavy (non-hydrogen) atoms. The largest absolute Gasteiger partial charge is 0.0814 e. The van der Waals surface area contributed by atoms with E-state index < -0.39 is 0 Å². The first-order chi connectivity index (χ1) is 0. The molecule has 0 amide bonds. The van der Waals surface area contributed by atoms with Crippen LogP contribution in [0.3, 0.4) is 0 Å². The molecule has 0 aromatic rings. The van der Waals surface area contributed by atoms with Crippen molar-refractivity contribution in [3.05, 3.63) is 0 Å². The summed E-state index contributed by atoms with van der Waals surface area (Å²) in [5.41, 5.74) is 0. The van der Waals surface area contributed by atoms with Crippen LogP contribution in [0.5, 0.6) is 0 Å². The van der Waals surface area contributed by atoms with Gasteiger partial charge in [0, 0.05) is 54.9 Å². The molecule has 0 aromatic carbocycles. The topological polar surface area (TPSA) is 0 Å². The Labute approximate surface area is 63.0 Å². The van der Waals surface area contributed by atoms with Crippen LogP contribution in [0.15, 0.2) is 0 Å². The van der Waals surface area contributed by atoms with E-state index in [1.165, 1.54) is 0 Å². The summed E-state index contributed by atoms with van der Waals surface area (Å²) in [4.78, 5) is 0. The van der Waals surface area contributed by atoms with Crippen LogP contribution in [-0.2, 0) is 54.9 Å². The maximum Gasteiger partial charge on any atom is 0.0814 e. The average molecular weight is 312 g/mol. The summed E-state index contributed by atoms with van der Waals surface area (Å²) in [5, 5.41) is 0. The van der Waals surface area contributed by atoms with Crippen LogP contribution in [-0.4, -0.2) is 8.41 Å². The Bertz CT molecular complexity index is 8.00. The van der Waals surface area contributed by atoms with Gasteiger partial charge >= 0.3 is 0 Å². The van der Waals surface area contributed by atoms with Gasteiger partial charge < -0.3 is 0 Å². The smallest absolute Gasteiger partial charge is 0 e. The molecule has 0 aliphatic heterocycles. The Hall–Kier alpha value is 1.78. The summed E-state index contributed by atoms with van der Waals surface area (Å²) >= 11 is 0. The van der Waals surface area contributed by atoms with Gasteiger partial charge in [0.15, 0.2) is 0 Å². The minimum Gasteiger partial charge on any atom is 0 e. The molecule has 0 aliphatic rings. The maximum atomic E-state index is 0. The Kier molecular flexibility index (Phi) is 225. The third-order valence-electron chi connectivity index (χ3n) is 0. The third-order valence-corrected chi connectivity index (χ3v) is 0. The van der Waals surface area contributed by atoms with Crippen molar-refractivity contribution in [3.63, 3.8) is 0 Å². The van der Waals surface area contributed by atoms with Gasteiger partial charge in [-0.15, -0.1) is 0 Å². The van der Waals surface area contributed by atoms with Gasteiger partial charge in [-0.25, -0.2) is 0 Å². The van der Waals surface area contributed by atoms with E-state index in [0.717, 1.165) is 0 Å². The van der Waals surface area contributed by atoms with E-state index >= 15 is 0 Å².